The van der Waals surface area contributed by atoms with Crippen LogP contribution in [0.3, 0.4) is 0 Å². The minimum Gasteiger partial charge on any atom is -0.364 e. The Balaban J connectivity index is 1.82. The molecule has 1 atom stereocenters. The Morgan fingerprint density at radius 2 is 2.04 bits per heavy atom. The molecule has 5 nitrogen and oxygen atoms in total. The summed E-state index contributed by atoms with van der Waals surface area (Å²) >= 11 is 1.65. The molecule has 2 heterocycles. The van der Waals surface area contributed by atoms with Crippen LogP contribution >= 0.6 is 11.3 Å². The zero-order chi connectivity index (χ0) is 16.4. The number of primary amides is 1. The standard InChI is InChI=1S/C17H15N3O2S/c1-10(13-9-23-15-5-3-2-4-12(13)15)20-17(22)11-6-7-19-14(8-11)16(18)21/h2-10H,1H3,(H2,18,21)(H,20,22). The van der Waals surface area contributed by atoms with Crippen LogP contribution in [0.15, 0.2) is 48.0 Å². The van der Waals surface area contributed by atoms with E-state index >= 15 is 0 Å². The molecule has 2 amide bonds. The van der Waals surface area contributed by atoms with Crippen molar-refractivity contribution in [2.24, 2.45) is 5.73 Å². The van der Waals surface area contributed by atoms with Gasteiger partial charge in [0, 0.05) is 16.5 Å². The number of hydrogen-bond donors (Lipinski definition) is 2. The number of nitrogens with two attached hydrogens (primary N) is 1. The number of carbonyl (C=O) groups is 2. The van der Waals surface area contributed by atoms with Crippen LogP contribution in [-0.4, -0.2) is 16.8 Å². The molecule has 0 aliphatic carbocycles. The van der Waals surface area contributed by atoms with E-state index in [0.717, 1.165) is 10.9 Å². The van der Waals surface area contributed by atoms with Crippen molar-refractivity contribution in [1.82, 2.24) is 10.3 Å². The normalized spacial score (nSPS) is 12.0. The molecule has 3 rings (SSSR count). The highest BCUT2D eigenvalue weighted by molar-refractivity contribution is 7.17. The molecule has 23 heavy (non-hydrogen) atoms. The van der Waals surface area contributed by atoms with Crippen LogP contribution in [0, 0.1) is 0 Å². The Kier molecular flexibility index (Phi) is 4.08. The Bertz CT molecular complexity index is 888. The zero-order valence-corrected chi connectivity index (χ0v) is 13.3. The predicted octanol–water partition coefficient (Wildman–Crippen LogP) is 2.89. The lowest BCUT2D eigenvalue weighted by atomic mass is 10.1. The van der Waals surface area contributed by atoms with Crippen molar-refractivity contribution in [2.75, 3.05) is 0 Å². The third-order valence-corrected chi connectivity index (χ3v) is 4.58. The van der Waals surface area contributed by atoms with E-state index in [0.29, 0.717) is 5.56 Å². The number of hydrogen-bond acceptors (Lipinski definition) is 4. The number of benzene rings is 1. The summed E-state index contributed by atoms with van der Waals surface area (Å²) in [4.78, 5) is 27.4. The maximum Gasteiger partial charge on any atom is 0.267 e. The lowest BCUT2D eigenvalue weighted by molar-refractivity contribution is 0.0940. The third kappa shape index (κ3) is 3.07. The summed E-state index contributed by atoms with van der Waals surface area (Å²) in [7, 11) is 0. The molecular weight excluding hydrogens is 310 g/mol. The van der Waals surface area contributed by atoms with Gasteiger partial charge in [-0.1, -0.05) is 18.2 Å². The van der Waals surface area contributed by atoms with Crippen LogP contribution in [0.5, 0.6) is 0 Å². The van der Waals surface area contributed by atoms with Gasteiger partial charge in [-0.25, -0.2) is 0 Å². The molecule has 0 spiro atoms. The largest absolute Gasteiger partial charge is 0.364 e. The highest BCUT2D eigenvalue weighted by atomic mass is 32.1. The molecule has 0 radical (unpaired) electrons. The van der Waals surface area contributed by atoms with Gasteiger partial charge in [-0.3, -0.25) is 14.6 Å². The number of nitrogens with zero attached hydrogens (tertiary/aromatic N) is 1. The van der Waals surface area contributed by atoms with Crippen molar-refractivity contribution in [2.45, 2.75) is 13.0 Å². The van der Waals surface area contributed by atoms with Gasteiger partial charge in [-0.05, 0) is 41.5 Å². The van der Waals surface area contributed by atoms with E-state index < -0.39 is 5.91 Å². The predicted molar refractivity (Wildman–Crippen MR) is 90.5 cm³/mol. The molecule has 0 fully saturated rings. The second kappa shape index (κ2) is 6.18. The number of rotatable bonds is 4. The lowest BCUT2D eigenvalue weighted by Gasteiger charge is -2.14. The Morgan fingerprint density at radius 1 is 1.26 bits per heavy atom. The molecule has 0 aliphatic rings. The Labute approximate surface area is 137 Å². The van der Waals surface area contributed by atoms with Gasteiger partial charge < -0.3 is 11.1 Å². The topological polar surface area (TPSA) is 85.1 Å². The molecule has 3 aromatic rings. The van der Waals surface area contributed by atoms with E-state index in [-0.39, 0.29) is 17.6 Å². The van der Waals surface area contributed by atoms with E-state index in [9.17, 15) is 9.59 Å². The first-order valence-electron chi connectivity index (χ1n) is 7.09. The van der Waals surface area contributed by atoms with Gasteiger partial charge in [0.15, 0.2) is 0 Å². The minimum absolute atomic E-state index is 0.0753. The molecule has 116 valence electrons. The number of aromatic nitrogens is 1. The number of nitrogens with one attached hydrogen (secondary N) is 1. The molecule has 0 bridgehead atoms. The lowest BCUT2D eigenvalue weighted by Crippen LogP contribution is -2.27. The highest BCUT2D eigenvalue weighted by Gasteiger charge is 2.16. The third-order valence-electron chi connectivity index (χ3n) is 3.60. The Hall–Kier alpha value is -2.73. The van der Waals surface area contributed by atoms with Gasteiger partial charge in [0.1, 0.15) is 5.69 Å². The first-order valence-corrected chi connectivity index (χ1v) is 7.97. The van der Waals surface area contributed by atoms with Crippen LogP contribution < -0.4 is 11.1 Å². The average Bonchev–Trinajstić information content (AvgIpc) is 2.99. The molecule has 2 aromatic heterocycles. The van der Waals surface area contributed by atoms with Crippen molar-refractivity contribution in [1.29, 1.82) is 0 Å². The molecule has 6 heteroatoms. The molecule has 0 aliphatic heterocycles. The molecule has 3 N–H and O–H groups in total. The van der Waals surface area contributed by atoms with Gasteiger partial charge in [0.25, 0.3) is 11.8 Å². The fourth-order valence-electron chi connectivity index (χ4n) is 2.40. The summed E-state index contributed by atoms with van der Waals surface area (Å²) in [6.45, 7) is 1.93. The molecule has 0 saturated carbocycles. The van der Waals surface area contributed by atoms with Crippen molar-refractivity contribution < 1.29 is 9.59 Å². The van der Waals surface area contributed by atoms with Gasteiger partial charge in [-0.2, -0.15) is 0 Å². The van der Waals surface area contributed by atoms with Crippen molar-refractivity contribution in [3.63, 3.8) is 0 Å². The zero-order valence-electron chi connectivity index (χ0n) is 12.4. The number of fused-ring (bicyclic) bond motifs is 1. The number of carbonyl (C=O) groups excluding carboxylic acids is 2. The average molecular weight is 325 g/mol. The summed E-state index contributed by atoms with van der Waals surface area (Å²) in [5.74, 6) is -0.922. The van der Waals surface area contributed by atoms with E-state index in [1.165, 1.54) is 17.0 Å². The first-order chi connectivity index (χ1) is 11.1. The SMILES string of the molecule is CC(NC(=O)c1ccnc(C(N)=O)c1)c1csc2ccccc12. The van der Waals surface area contributed by atoms with Gasteiger partial charge >= 0.3 is 0 Å². The van der Waals surface area contributed by atoms with Crippen LogP contribution in [0.4, 0.5) is 0 Å². The van der Waals surface area contributed by atoms with Crippen molar-refractivity contribution in [3.05, 3.63) is 64.8 Å². The summed E-state index contributed by atoms with van der Waals surface area (Å²) in [5, 5.41) is 6.13. The van der Waals surface area contributed by atoms with Crippen molar-refractivity contribution in [3.8, 4) is 0 Å². The highest BCUT2D eigenvalue weighted by Crippen LogP contribution is 2.30. The fraction of sp³-hybridized carbons (Fsp3) is 0.118. The maximum atomic E-state index is 12.4. The second-order valence-electron chi connectivity index (χ2n) is 5.18. The van der Waals surface area contributed by atoms with E-state index in [1.807, 2.05) is 25.1 Å². The fourth-order valence-corrected chi connectivity index (χ4v) is 3.45. The monoisotopic (exact) mass is 325 g/mol. The van der Waals surface area contributed by atoms with Gasteiger partial charge in [0.2, 0.25) is 0 Å². The van der Waals surface area contributed by atoms with Crippen LogP contribution in [0.25, 0.3) is 10.1 Å². The summed E-state index contributed by atoms with van der Waals surface area (Å²) in [6, 6.07) is 10.9. The van der Waals surface area contributed by atoms with E-state index in [2.05, 4.69) is 21.7 Å². The van der Waals surface area contributed by atoms with E-state index in [1.54, 1.807) is 17.4 Å². The van der Waals surface area contributed by atoms with Gasteiger partial charge in [0.05, 0.1) is 6.04 Å². The number of thiophene rings is 1. The molecular formula is C17H15N3O2S. The first kappa shape index (κ1) is 15.2. The minimum atomic E-state index is -0.656. The number of amides is 2. The number of pyridine rings is 1. The van der Waals surface area contributed by atoms with Crippen LogP contribution in [0.2, 0.25) is 0 Å². The molecule has 1 aromatic carbocycles. The summed E-state index contributed by atoms with van der Waals surface area (Å²) in [6.07, 6.45) is 1.40. The quantitative estimate of drug-likeness (QED) is 0.773. The molecule has 0 saturated heterocycles. The second-order valence-corrected chi connectivity index (χ2v) is 6.09. The van der Waals surface area contributed by atoms with Crippen LogP contribution in [-0.2, 0) is 0 Å². The van der Waals surface area contributed by atoms with Gasteiger partial charge in [-0.15, -0.1) is 11.3 Å². The maximum absolute atomic E-state index is 12.4. The van der Waals surface area contributed by atoms with Crippen molar-refractivity contribution >= 4 is 33.2 Å². The van der Waals surface area contributed by atoms with E-state index in [4.69, 9.17) is 5.73 Å². The summed E-state index contributed by atoms with van der Waals surface area (Å²) < 4.78 is 1.18. The smallest absolute Gasteiger partial charge is 0.267 e. The van der Waals surface area contributed by atoms with Crippen LogP contribution in [0.1, 0.15) is 39.4 Å². The molecule has 1 unspecified atom stereocenters. The summed E-state index contributed by atoms with van der Waals surface area (Å²) in [5.41, 5.74) is 6.70. The Morgan fingerprint density at radius 3 is 2.83 bits per heavy atom.